The zero-order valence-electron chi connectivity index (χ0n) is 6.33. The molecule has 0 bridgehead atoms. The first kappa shape index (κ1) is 6.58. The molecule has 1 fully saturated rings. The van der Waals surface area contributed by atoms with Gasteiger partial charge in [0, 0.05) is 6.04 Å². The van der Waals surface area contributed by atoms with Crippen LogP contribution in [0.5, 0.6) is 0 Å². The maximum Gasteiger partial charge on any atom is 0.115 e. The smallest absolute Gasteiger partial charge is 0.115 e. The van der Waals surface area contributed by atoms with Gasteiger partial charge < -0.3 is 5.32 Å². The fraction of sp³-hybridized carbons (Fsp3) is 0.500. The van der Waals surface area contributed by atoms with E-state index in [9.17, 15) is 0 Å². The Morgan fingerprint density at radius 3 is 2.55 bits per heavy atom. The first-order valence-electron chi connectivity index (χ1n) is 3.97. The first-order valence-corrected chi connectivity index (χ1v) is 3.97. The van der Waals surface area contributed by atoms with E-state index in [4.69, 9.17) is 0 Å². The number of nitrogens with one attached hydrogen (secondary N) is 1. The van der Waals surface area contributed by atoms with Crippen molar-refractivity contribution in [3.63, 3.8) is 0 Å². The summed E-state index contributed by atoms with van der Waals surface area (Å²) in [5.41, 5.74) is 1.04. The second kappa shape index (κ2) is 2.86. The van der Waals surface area contributed by atoms with Gasteiger partial charge in [0.15, 0.2) is 0 Å². The van der Waals surface area contributed by atoms with Gasteiger partial charge in [-0.1, -0.05) is 0 Å². The fourth-order valence-electron chi connectivity index (χ4n) is 1.16. The highest BCUT2D eigenvalue weighted by molar-refractivity contribution is 5.38. The predicted molar refractivity (Wildman–Crippen MR) is 43.3 cm³/mol. The minimum absolute atomic E-state index is 0.668. The van der Waals surface area contributed by atoms with Crippen LogP contribution in [-0.2, 0) is 0 Å². The van der Waals surface area contributed by atoms with Crippen molar-refractivity contribution in [1.29, 1.82) is 0 Å². The van der Waals surface area contributed by atoms with Gasteiger partial charge in [-0.2, -0.15) is 0 Å². The van der Waals surface area contributed by atoms with E-state index in [1.54, 1.807) is 6.33 Å². The Bertz CT molecular complexity index is 218. The molecule has 1 aromatic heterocycles. The quantitative estimate of drug-likeness (QED) is 0.691. The molecule has 1 aliphatic rings. The van der Waals surface area contributed by atoms with E-state index < -0.39 is 0 Å². The Morgan fingerprint density at radius 2 is 2.00 bits per heavy atom. The highest BCUT2D eigenvalue weighted by Gasteiger charge is 2.16. The minimum atomic E-state index is 0.668. The lowest BCUT2D eigenvalue weighted by molar-refractivity contribution is 0.445. The summed E-state index contributed by atoms with van der Waals surface area (Å²) in [5.74, 6) is 0. The van der Waals surface area contributed by atoms with E-state index in [0.29, 0.717) is 6.04 Å². The Morgan fingerprint density at radius 1 is 1.27 bits per heavy atom. The lowest BCUT2D eigenvalue weighted by Gasteiger charge is -2.26. The predicted octanol–water partition coefficient (Wildman–Crippen LogP) is 1.44. The molecule has 1 aromatic rings. The average molecular weight is 149 g/mol. The van der Waals surface area contributed by atoms with Gasteiger partial charge in [0.25, 0.3) is 0 Å². The molecule has 58 valence electrons. The largest absolute Gasteiger partial charge is 0.380 e. The maximum absolute atomic E-state index is 3.92. The Balaban J connectivity index is 1.95. The van der Waals surface area contributed by atoms with Crippen LogP contribution in [0.2, 0.25) is 0 Å². The van der Waals surface area contributed by atoms with Crippen molar-refractivity contribution >= 4 is 5.69 Å². The number of nitrogens with zero attached hydrogens (tertiary/aromatic N) is 2. The summed E-state index contributed by atoms with van der Waals surface area (Å²) in [7, 11) is 0. The number of hydrogen-bond donors (Lipinski definition) is 1. The highest BCUT2D eigenvalue weighted by atomic mass is 15.0. The molecular formula is C8H11N3. The molecule has 0 atom stereocenters. The van der Waals surface area contributed by atoms with E-state index in [1.807, 2.05) is 12.4 Å². The third kappa shape index (κ3) is 1.48. The molecule has 0 amide bonds. The van der Waals surface area contributed by atoms with Gasteiger partial charge in [0.2, 0.25) is 0 Å². The van der Waals surface area contributed by atoms with Crippen molar-refractivity contribution < 1.29 is 0 Å². The monoisotopic (exact) mass is 149 g/mol. The van der Waals surface area contributed by atoms with Crippen LogP contribution in [-0.4, -0.2) is 16.0 Å². The molecule has 1 heterocycles. The SMILES string of the molecule is c1ncc(NC2CCC2)cn1. The van der Waals surface area contributed by atoms with Crippen LogP contribution in [0.4, 0.5) is 5.69 Å². The zero-order valence-corrected chi connectivity index (χ0v) is 6.33. The van der Waals surface area contributed by atoms with Gasteiger partial charge in [-0.3, -0.25) is 0 Å². The second-order valence-electron chi connectivity index (χ2n) is 2.90. The molecule has 3 nitrogen and oxygen atoms in total. The summed E-state index contributed by atoms with van der Waals surface area (Å²) in [6.45, 7) is 0. The van der Waals surface area contributed by atoms with Crippen molar-refractivity contribution in [2.75, 3.05) is 5.32 Å². The number of anilines is 1. The van der Waals surface area contributed by atoms with Crippen molar-refractivity contribution in [2.45, 2.75) is 25.3 Å². The highest BCUT2D eigenvalue weighted by Crippen LogP contribution is 2.21. The third-order valence-corrected chi connectivity index (χ3v) is 2.04. The average Bonchev–Trinajstić information content (AvgIpc) is 1.99. The summed E-state index contributed by atoms with van der Waals surface area (Å²) in [6.07, 6.45) is 9.09. The molecule has 0 saturated heterocycles. The van der Waals surface area contributed by atoms with Crippen LogP contribution < -0.4 is 5.32 Å². The molecule has 11 heavy (non-hydrogen) atoms. The maximum atomic E-state index is 3.92. The fourth-order valence-corrected chi connectivity index (χ4v) is 1.16. The standard InChI is InChI=1S/C8H11N3/c1-2-7(3-1)11-8-4-9-6-10-5-8/h4-7,11H,1-3H2. The molecule has 0 aliphatic heterocycles. The molecule has 1 N–H and O–H groups in total. The molecule has 2 rings (SSSR count). The van der Waals surface area contributed by atoms with Crippen LogP contribution in [0, 0.1) is 0 Å². The summed E-state index contributed by atoms with van der Waals surface area (Å²) in [5, 5.41) is 3.35. The summed E-state index contributed by atoms with van der Waals surface area (Å²) in [4.78, 5) is 7.85. The molecule has 3 heteroatoms. The van der Waals surface area contributed by atoms with Crippen LogP contribution in [0.25, 0.3) is 0 Å². The van der Waals surface area contributed by atoms with Gasteiger partial charge >= 0.3 is 0 Å². The zero-order chi connectivity index (χ0) is 7.52. The van der Waals surface area contributed by atoms with Crippen molar-refractivity contribution in [2.24, 2.45) is 0 Å². The van der Waals surface area contributed by atoms with Crippen molar-refractivity contribution in [3.8, 4) is 0 Å². The van der Waals surface area contributed by atoms with Gasteiger partial charge in [-0.25, -0.2) is 9.97 Å². The second-order valence-corrected chi connectivity index (χ2v) is 2.90. The summed E-state index contributed by atoms with van der Waals surface area (Å²) < 4.78 is 0. The van der Waals surface area contributed by atoms with Crippen LogP contribution in [0.3, 0.4) is 0 Å². The number of aromatic nitrogens is 2. The lowest BCUT2D eigenvalue weighted by atomic mass is 9.93. The molecule has 0 spiro atoms. The van der Waals surface area contributed by atoms with Crippen molar-refractivity contribution in [1.82, 2.24) is 9.97 Å². The molecule has 0 aromatic carbocycles. The van der Waals surface area contributed by atoms with E-state index in [1.165, 1.54) is 19.3 Å². The first-order chi connectivity index (χ1) is 5.45. The Hall–Kier alpha value is -1.12. The normalized spacial score (nSPS) is 17.5. The van der Waals surface area contributed by atoms with E-state index in [0.717, 1.165) is 5.69 Å². The van der Waals surface area contributed by atoms with Crippen molar-refractivity contribution in [3.05, 3.63) is 18.7 Å². The van der Waals surface area contributed by atoms with Gasteiger partial charge in [0.1, 0.15) is 6.33 Å². The molecule has 1 aliphatic carbocycles. The summed E-state index contributed by atoms with van der Waals surface area (Å²) >= 11 is 0. The van der Waals surface area contributed by atoms with E-state index in [2.05, 4.69) is 15.3 Å². The third-order valence-electron chi connectivity index (χ3n) is 2.04. The number of hydrogen-bond acceptors (Lipinski definition) is 3. The molecular weight excluding hydrogens is 138 g/mol. The Labute approximate surface area is 65.9 Å². The molecule has 0 unspecified atom stereocenters. The van der Waals surface area contributed by atoms with Crippen LogP contribution in [0.15, 0.2) is 18.7 Å². The lowest BCUT2D eigenvalue weighted by Crippen LogP contribution is -2.26. The van der Waals surface area contributed by atoms with Crippen LogP contribution >= 0.6 is 0 Å². The van der Waals surface area contributed by atoms with Gasteiger partial charge in [0.05, 0.1) is 18.1 Å². The molecule has 1 saturated carbocycles. The summed E-state index contributed by atoms with van der Waals surface area (Å²) in [6, 6.07) is 0.668. The van der Waals surface area contributed by atoms with E-state index >= 15 is 0 Å². The van der Waals surface area contributed by atoms with Gasteiger partial charge in [-0.15, -0.1) is 0 Å². The van der Waals surface area contributed by atoms with Gasteiger partial charge in [-0.05, 0) is 19.3 Å². The van der Waals surface area contributed by atoms with E-state index in [-0.39, 0.29) is 0 Å². The number of rotatable bonds is 2. The molecule has 0 radical (unpaired) electrons. The minimum Gasteiger partial charge on any atom is -0.380 e. The Kier molecular flexibility index (Phi) is 1.71. The van der Waals surface area contributed by atoms with Crippen LogP contribution in [0.1, 0.15) is 19.3 Å². The topological polar surface area (TPSA) is 37.8 Å².